The minimum absolute atomic E-state index is 0.213. The monoisotopic (exact) mass is 271 g/mol. The van der Waals surface area contributed by atoms with Gasteiger partial charge in [0.1, 0.15) is 0 Å². The number of benzene rings is 1. The van der Waals surface area contributed by atoms with E-state index < -0.39 is 0 Å². The summed E-state index contributed by atoms with van der Waals surface area (Å²) in [5.41, 5.74) is 7.44. The molecule has 0 radical (unpaired) electrons. The molecule has 5 heteroatoms. The van der Waals surface area contributed by atoms with Gasteiger partial charge >= 0.3 is 0 Å². The van der Waals surface area contributed by atoms with Gasteiger partial charge in [-0.3, -0.25) is 5.41 Å². The lowest BCUT2D eigenvalue weighted by molar-refractivity contribution is 0.613. The van der Waals surface area contributed by atoms with Crippen LogP contribution in [0.2, 0.25) is 0 Å². The van der Waals surface area contributed by atoms with Crippen molar-refractivity contribution in [1.82, 2.24) is 10.2 Å². The molecule has 20 heavy (non-hydrogen) atoms. The Morgan fingerprint density at radius 3 is 2.80 bits per heavy atom. The van der Waals surface area contributed by atoms with Crippen LogP contribution in [0.5, 0.6) is 0 Å². The molecule has 0 atom stereocenters. The van der Waals surface area contributed by atoms with E-state index in [0.29, 0.717) is 12.3 Å². The van der Waals surface area contributed by atoms with Crippen LogP contribution in [-0.2, 0) is 0 Å². The average Bonchev–Trinajstić information content (AvgIpc) is 2.42. The highest BCUT2D eigenvalue weighted by molar-refractivity contribution is 5.91. The number of nitrogens with one attached hydrogen (secondary N) is 1. The standard InChI is InChI=1S/C15H21N5/c1-11(2)10-20(8-7-15(16)17)14-9-18-19-13-6-4-3-5-12(13)14/h3-6,9,11H,7-8,10H2,1-2H3,(H3,16,17). The molecule has 0 spiro atoms. The predicted octanol–water partition coefficient (Wildman–Crippen LogP) is 2.42. The highest BCUT2D eigenvalue weighted by Gasteiger charge is 2.13. The minimum atomic E-state index is 0.213. The van der Waals surface area contributed by atoms with Crippen molar-refractivity contribution in [2.24, 2.45) is 11.7 Å². The van der Waals surface area contributed by atoms with Crippen molar-refractivity contribution >= 4 is 22.4 Å². The molecule has 2 aromatic rings. The number of rotatable bonds is 6. The first kappa shape index (κ1) is 14.2. The summed E-state index contributed by atoms with van der Waals surface area (Å²) in [6, 6.07) is 7.99. The Hall–Kier alpha value is -2.17. The molecular formula is C15H21N5. The molecule has 1 aromatic carbocycles. The zero-order chi connectivity index (χ0) is 14.5. The zero-order valence-electron chi connectivity index (χ0n) is 12.0. The minimum Gasteiger partial charge on any atom is -0.388 e. The van der Waals surface area contributed by atoms with Gasteiger partial charge in [-0.15, -0.1) is 0 Å². The molecule has 0 bridgehead atoms. The third-order valence-corrected chi connectivity index (χ3v) is 3.10. The number of hydrogen-bond acceptors (Lipinski definition) is 4. The van der Waals surface area contributed by atoms with E-state index in [1.54, 1.807) is 6.20 Å². The predicted molar refractivity (Wildman–Crippen MR) is 83.1 cm³/mol. The number of anilines is 1. The van der Waals surface area contributed by atoms with Gasteiger partial charge in [-0.1, -0.05) is 32.0 Å². The van der Waals surface area contributed by atoms with E-state index in [2.05, 4.69) is 35.0 Å². The van der Waals surface area contributed by atoms with Crippen LogP contribution in [0.15, 0.2) is 30.5 Å². The summed E-state index contributed by atoms with van der Waals surface area (Å²) in [6.45, 7) is 5.99. The third-order valence-electron chi connectivity index (χ3n) is 3.10. The zero-order valence-corrected chi connectivity index (χ0v) is 12.0. The van der Waals surface area contributed by atoms with Gasteiger partial charge in [0.15, 0.2) is 0 Å². The summed E-state index contributed by atoms with van der Waals surface area (Å²) in [7, 11) is 0. The quantitative estimate of drug-likeness (QED) is 0.624. The first-order chi connectivity index (χ1) is 9.58. The van der Waals surface area contributed by atoms with Crippen LogP contribution in [0.4, 0.5) is 5.69 Å². The summed E-state index contributed by atoms with van der Waals surface area (Å²) in [5, 5.41) is 16.8. The third kappa shape index (κ3) is 3.44. The van der Waals surface area contributed by atoms with Gasteiger partial charge in [0.25, 0.3) is 0 Å². The molecule has 106 valence electrons. The van der Waals surface area contributed by atoms with Crippen molar-refractivity contribution in [2.75, 3.05) is 18.0 Å². The van der Waals surface area contributed by atoms with Crippen molar-refractivity contribution in [3.8, 4) is 0 Å². The van der Waals surface area contributed by atoms with E-state index in [-0.39, 0.29) is 5.84 Å². The Kier molecular flexibility index (Phi) is 4.50. The van der Waals surface area contributed by atoms with E-state index in [9.17, 15) is 0 Å². The molecule has 0 aliphatic heterocycles. The summed E-state index contributed by atoms with van der Waals surface area (Å²) < 4.78 is 0. The van der Waals surface area contributed by atoms with Crippen LogP contribution in [0, 0.1) is 11.3 Å². The van der Waals surface area contributed by atoms with Gasteiger partial charge in [-0.05, 0) is 12.0 Å². The maximum atomic E-state index is 7.42. The molecule has 1 heterocycles. The van der Waals surface area contributed by atoms with Crippen molar-refractivity contribution in [1.29, 1.82) is 5.41 Å². The van der Waals surface area contributed by atoms with Crippen LogP contribution < -0.4 is 10.6 Å². The van der Waals surface area contributed by atoms with E-state index in [0.717, 1.165) is 29.7 Å². The second-order valence-electron chi connectivity index (χ2n) is 5.36. The maximum absolute atomic E-state index is 7.42. The highest BCUT2D eigenvalue weighted by atomic mass is 15.2. The smallest absolute Gasteiger partial charge is 0.0950 e. The Morgan fingerprint density at radius 1 is 1.35 bits per heavy atom. The first-order valence-electron chi connectivity index (χ1n) is 6.86. The van der Waals surface area contributed by atoms with Crippen LogP contribution >= 0.6 is 0 Å². The average molecular weight is 271 g/mol. The SMILES string of the molecule is CC(C)CN(CCC(=N)N)c1cnnc2ccccc12. The van der Waals surface area contributed by atoms with E-state index >= 15 is 0 Å². The molecule has 0 unspecified atom stereocenters. The normalized spacial score (nSPS) is 10.9. The number of nitrogens with zero attached hydrogens (tertiary/aromatic N) is 3. The second-order valence-corrected chi connectivity index (χ2v) is 5.36. The van der Waals surface area contributed by atoms with Gasteiger partial charge in [0.2, 0.25) is 0 Å². The van der Waals surface area contributed by atoms with Crippen LogP contribution in [-0.4, -0.2) is 29.1 Å². The summed E-state index contributed by atoms with van der Waals surface area (Å²) in [6.07, 6.45) is 2.36. The Morgan fingerprint density at radius 2 is 2.10 bits per heavy atom. The summed E-state index contributed by atoms with van der Waals surface area (Å²) in [4.78, 5) is 2.24. The number of aromatic nitrogens is 2. The number of amidine groups is 1. The lowest BCUT2D eigenvalue weighted by atomic mass is 10.1. The molecule has 5 nitrogen and oxygen atoms in total. The fraction of sp³-hybridized carbons (Fsp3) is 0.400. The molecule has 2 rings (SSSR count). The van der Waals surface area contributed by atoms with Crippen molar-refractivity contribution in [3.05, 3.63) is 30.5 Å². The fourth-order valence-corrected chi connectivity index (χ4v) is 2.25. The molecular weight excluding hydrogens is 250 g/mol. The van der Waals surface area contributed by atoms with Crippen molar-refractivity contribution in [3.63, 3.8) is 0 Å². The van der Waals surface area contributed by atoms with Crippen LogP contribution in [0.25, 0.3) is 10.9 Å². The molecule has 0 aliphatic carbocycles. The molecule has 3 N–H and O–H groups in total. The van der Waals surface area contributed by atoms with Crippen molar-refractivity contribution in [2.45, 2.75) is 20.3 Å². The second kappa shape index (κ2) is 6.32. The van der Waals surface area contributed by atoms with Crippen molar-refractivity contribution < 1.29 is 0 Å². The molecule has 1 aromatic heterocycles. The summed E-state index contributed by atoms with van der Waals surface area (Å²) in [5.74, 6) is 0.735. The summed E-state index contributed by atoms with van der Waals surface area (Å²) >= 11 is 0. The lowest BCUT2D eigenvalue weighted by Crippen LogP contribution is -2.31. The molecule has 0 saturated heterocycles. The van der Waals surface area contributed by atoms with Crippen LogP contribution in [0.3, 0.4) is 0 Å². The lowest BCUT2D eigenvalue weighted by Gasteiger charge is -2.27. The molecule has 0 fully saturated rings. The highest BCUT2D eigenvalue weighted by Crippen LogP contribution is 2.25. The molecule has 0 saturated carbocycles. The van der Waals surface area contributed by atoms with Gasteiger partial charge < -0.3 is 10.6 Å². The Bertz CT molecular complexity index is 588. The fourth-order valence-electron chi connectivity index (χ4n) is 2.25. The first-order valence-corrected chi connectivity index (χ1v) is 6.86. The van der Waals surface area contributed by atoms with Gasteiger partial charge in [-0.25, -0.2) is 0 Å². The Balaban J connectivity index is 2.36. The number of nitrogens with two attached hydrogens (primary N) is 1. The van der Waals surface area contributed by atoms with E-state index in [1.165, 1.54) is 0 Å². The Labute approximate surface area is 119 Å². The van der Waals surface area contributed by atoms with Gasteiger partial charge in [0.05, 0.1) is 23.2 Å². The van der Waals surface area contributed by atoms with Gasteiger partial charge in [-0.2, -0.15) is 10.2 Å². The molecule has 0 aliphatic rings. The topological polar surface area (TPSA) is 78.9 Å². The van der Waals surface area contributed by atoms with E-state index in [4.69, 9.17) is 11.1 Å². The molecule has 0 amide bonds. The number of hydrogen-bond donors (Lipinski definition) is 2. The van der Waals surface area contributed by atoms with E-state index in [1.807, 2.05) is 18.2 Å². The van der Waals surface area contributed by atoms with Gasteiger partial charge in [0, 0.05) is 24.9 Å². The van der Waals surface area contributed by atoms with Crippen LogP contribution in [0.1, 0.15) is 20.3 Å². The largest absolute Gasteiger partial charge is 0.388 e. The maximum Gasteiger partial charge on any atom is 0.0950 e. The number of fused-ring (bicyclic) bond motifs is 1.